The third-order valence-corrected chi connectivity index (χ3v) is 14.0. The summed E-state index contributed by atoms with van der Waals surface area (Å²) >= 11 is 0. The second-order valence-corrected chi connectivity index (χ2v) is 15.9. The van der Waals surface area contributed by atoms with Crippen molar-refractivity contribution in [2.75, 3.05) is 7.11 Å². The van der Waals surface area contributed by atoms with E-state index < -0.39 is 0 Å². The molecule has 0 unspecified atom stereocenters. The molecule has 0 amide bonds. The van der Waals surface area contributed by atoms with Gasteiger partial charge in [0, 0.05) is 7.11 Å². The summed E-state index contributed by atoms with van der Waals surface area (Å²) in [4.78, 5) is 0. The van der Waals surface area contributed by atoms with Gasteiger partial charge in [-0.3, -0.25) is 0 Å². The van der Waals surface area contributed by atoms with Gasteiger partial charge in [0.05, 0.1) is 23.9 Å². The Morgan fingerprint density at radius 2 is 1.35 bits per heavy atom. The second kappa shape index (κ2) is 7.04. The fourth-order valence-electron chi connectivity index (χ4n) is 12.4. The second-order valence-electron chi connectivity index (χ2n) is 15.9. The third kappa shape index (κ3) is 2.82. The van der Waals surface area contributed by atoms with Crippen molar-refractivity contribution in [2.45, 2.75) is 137 Å². The lowest BCUT2D eigenvalue weighted by molar-refractivity contribution is -0.180. The van der Waals surface area contributed by atoms with Gasteiger partial charge < -0.3 is 14.6 Å². The van der Waals surface area contributed by atoms with E-state index in [0.29, 0.717) is 40.3 Å². The van der Waals surface area contributed by atoms with Crippen molar-refractivity contribution >= 4 is 0 Å². The average Bonchev–Trinajstić information content (AvgIpc) is 3.46. The van der Waals surface area contributed by atoms with E-state index in [2.05, 4.69) is 48.5 Å². The topological polar surface area (TPSA) is 42.0 Å². The molecule has 1 N–H and O–H groups in total. The molecule has 5 saturated carbocycles. The molecule has 0 aromatic carbocycles. The van der Waals surface area contributed by atoms with Gasteiger partial charge in [0.15, 0.2) is 0 Å². The van der Waals surface area contributed by atoms with Crippen LogP contribution in [0.5, 0.6) is 0 Å². The van der Waals surface area contributed by atoms with E-state index in [9.17, 15) is 5.11 Å². The van der Waals surface area contributed by atoms with Crippen molar-refractivity contribution in [3.8, 4) is 0 Å². The van der Waals surface area contributed by atoms with Gasteiger partial charge in [-0.1, -0.05) is 48.5 Å². The Bertz CT molecular complexity index is 850. The molecule has 6 fully saturated rings. The van der Waals surface area contributed by atoms with Gasteiger partial charge in [-0.2, -0.15) is 0 Å². The van der Waals surface area contributed by atoms with Crippen LogP contribution >= 0.6 is 0 Å². The normalized spacial score (nSPS) is 59.4. The van der Waals surface area contributed by atoms with Gasteiger partial charge in [0.2, 0.25) is 0 Å². The van der Waals surface area contributed by atoms with Gasteiger partial charge in [0.1, 0.15) is 0 Å². The maximum absolute atomic E-state index is 11.0. The molecule has 1 heterocycles. The molecule has 1 aliphatic heterocycles. The number of hydrogen-bond donors (Lipinski definition) is 1. The third-order valence-electron chi connectivity index (χ3n) is 14.0. The van der Waals surface area contributed by atoms with Gasteiger partial charge in [-0.25, -0.2) is 0 Å². The van der Waals surface area contributed by atoms with E-state index in [1.807, 2.05) is 7.11 Å². The molecule has 0 aromatic rings. The highest BCUT2D eigenvalue weighted by molar-refractivity contribution is 5.24. The van der Waals surface area contributed by atoms with Gasteiger partial charge in [-0.15, -0.1) is 0 Å². The zero-order valence-electron chi connectivity index (χ0n) is 23.4. The minimum atomic E-state index is -0.166. The lowest BCUT2D eigenvalue weighted by Gasteiger charge is -2.64. The van der Waals surface area contributed by atoms with Crippen LogP contribution in [0.15, 0.2) is 0 Å². The number of aliphatic hydroxyl groups is 1. The zero-order chi connectivity index (χ0) is 24.5. The fourth-order valence-corrected chi connectivity index (χ4v) is 12.4. The largest absolute Gasteiger partial charge is 0.393 e. The number of aliphatic hydroxyl groups excluding tert-OH is 1. The Balaban J connectivity index is 1.36. The number of hydrogen-bond acceptors (Lipinski definition) is 3. The van der Waals surface area contributed by atoms with Crippen molar-refractivity contribution in [1.82, 2.24) is 0 Å². The van der Waals surface area contributed by atoms with E-state index in [0.717, 1.165) is 18.3 Å². The van der Waals surface area contributed by atoms with E-state index in [4.69, 9.17) is 9.47 Å². The van der Waals surface area contributed by atoms with Crippen LogP contribution in [0, 0.1) is 50.7 Å². The molecule has 0 aromatic heterocycles. The SMILES string of the molecule is CO[C@H]1CC[C@@]2(C)[C@@H](CC[C@@]3(C)C[C@@]45O[C@@H]4C[C@H]4C(C)(C)[C@H](O)CC[C@]4(C)[C@H]5CC[C@@H]32)C1(C)C. The highest BCUT2D eigenvalue weighted by Crippen LogP contribution is 2.76. The molecular weight excluding hydrogens is 420 g/mol. The van der Waals surface area contributed by atoms with Crippen LogP contribution in [0.1, 0.15) is 113 Å². The summed E-state index contributed by atoms with van der Waals surface area (Å²) in [5.41, 5.74) is 1.45. The lowest BCUT2D eigenvalue weighted by Crippen LogP contribution is -2.60. The predicted octanol–water partition coefficient (Wildman–Crippen LogP) is 7.01. The lowest BCUT2D eigenvalue weighted by atomic mass is 9.41. The summed E-state index contributed by atoms with van der Waals surface area (Å²) in [6.45, 7) is 17.6. The Labute approximate surface area is 209 Å². The summed E-state index contributed by atoms with van der Waals surface area (Å²) in [6, 6.07) is 0. The molecule has 11 atom stereocenters. The molecule has 1 spiro atoms. The standard InChI is InChI=1S/C31H52O3/c1-26(2)22-17-25-31(34-25)18-28(5)14-11-19-27(3,4)24(33-8)13-16-29(19,6)20(28)9-10-21(31)30(22,7)15-12-23(26)32/h19-25,32H,9-18H2,1-8H3/t19-,20-,21+,22-,23+,24-,25+,28-,29-,30+,31-/m0/s1. The molecule has 0 bridgehead atoms. The van der Waals surface area contributed by atoms with Crippen molar-refractivity contribution in [3.05, 3.63) is 0 Å². The first-order valence-corrected chi connectivity index (χ1v) is 14.6. The van der Waals surface area contributed by atoms with Crippen LogP contribution < -0.4 is 0 Å². The predicted molar refractivity (Wildman–Crippen MR) is 136 cm³/mol. The van der Waals surface area contributed by atoms with E-state index in [1.54, 1.807) is 0 Å². The van der Waals surface area contributed by atoms with E-state index in [-0.39, 0.29) is 22.5 Å². The van der Waals surface area contributed by atoms with Crippen LogP contribution in [0.25, 0.3) is 0 Å². The summed E-state index contributed by atoms with van der Waals surface area (Å²) in [5.74, 6) is 2.76. The van der Waals surface area contributed by atoms with Crippen LogP contribution in [-0.4, -0.2) is 36.1 Å². The Morgan fingerprint density at radius 1 is 0.706 bits per heavy atom. The molecule has 0 radical (unpaired) electrons. The highest BCUT2D eigenvalue weighted by Gasteiger charge is 2.76. The first-order valence-electron chi connectivity index (χ1n) is 14.6. The Hall–Kier alpha value is -0.120. The van der Waals surface area contributed by atoms with Crippen LogP contribution in [0.2, 0.25) is 0 Å². The maximum Gasteiger partial charge on any atom is 0.0987 e. The number of fused-ring (bicyclic) bond motifs is 5. The summed E-state index contributed by atoms with van der Waals surface area (Å²) in [6.07, 6.45) is 13.2. The van der Waals surface area contributed by atoms with Gasteiger partial charge >= 0.3 is 0 Å². The summed E-state index contributed by atoms with van der Waals surface area (Å²) < 4.78 is 12.9. The maximum atomic E-state index is 11.0. The smallest absolute Gasteiger partial charge is 0.0987 e. The van der Waals surface area contributed by atoms with Gasteiger partial charge in [0.25, 0.3) is 0 Å². The molecular formula is C31H52O3. The van der Waals surface area contributed by atoms with Gasteiger partial charge in [-0.05, 0) is 115 Å². The minimum absolute atomic E-state index is 0.00624. The average molecular weight is 473 g/mol. The number of epoxide rings is 1. The van der Waals surface area contributed by atoms with E-state index in [1.165, 1.54) is 57.8 Å². The molecule has 5 aliphatic carbocycles. The Morgan fingerprint density at radius 3 is 2.06 bits per heavy atom. The molecule has 3 nitrogen and oxygen atoms in total. The van der Waals surface area contributed by atoms with Crippen molar-refractivity contribution < 1.29 is 14.6 Å². The van der Waals surface area contributed by atoms with Crippen molar-refractivity contribution in [3.63, 3.8) is 0 Å². The van der Waals surface area contributed by atoms with Crippen LogP contribution in [0.3, 0.4) is 0 Å². The minimum Gasteiger partial charge on any atom is -0.393 e. The summed E-state index contributed by atoms with van der Waals surface area (Å²) in [7, 11) is 1.93. The highest BCUT2D eigenvalue weighted by atomic mass is 16.6. The molecule has 6 rings (SSSR count). The van der Waals surface area contributed by atoms with E-state index >= 15 is 0 Å². The number of rotatable bonds is 1. The van der Waals surface area contributed by atoms with Crippen molar-refractivity contribution in [2.24, 2.45) is 50.7 Å². The Kier molecular flexibility index (Phi) is 5.02. The number of methoxy groups -OCH3 is 1. The fraction of sp³-hybridized carbons (Fsp3) is 1.00. The van der Waals surface area contributed by atoms with Crippen LogP contribution in [0.4, 0.5) is 0 Å². The molecule has 3 heteroatoms. The molecule has 6 aliphatic rings. The quantitative estimate of drug-likeness (QED) is 0.418. The summed E-state index contributed by atoms with van der Waals surface area (Å²) in [5, 5.41) is 11.0. The van der Waals surface area contributed by atoms with Crippen molar-refractivity contribution in [1.29, 1.82) is 0 Å². The first kappa shape index (κ1) is 24.2. The van der Waals surface area contributed by atoms with Crippen LogP contribution in [-0.2, 0) is 9.47 Å². The monoisotopic (exact) mass is 472 g/mol. The molecule has 34 heavy (non-hydrogen) atoms. The number of ether oxygens (including phenoxy) is 2. The first-order chi connectivity index (χ1) is 15.8. The molecule has 194 valence electrons. The molecule has 1 saturated heterocycles. The zero-order valence-corrected chi connectivity index (χ0v) is 23.4.